The van der Waals surface area contributed by atoms with Gasteiger partial charge in [-0.1, -0.05) is 12.1 Å². The average Bonchev–Trinajstić information content (AvgIpc) is 2.92. The molecule has 0 saturated heterocycles. The van der Waals surface area contributed by atoms with E-state index in [2.05, 4.69) is 5.32 Å². The number of halogens is 1. The van der Waals surface area contributed by atoms with Crippen LogP contribution in [0.3, 0.4) is 0 Å². The molecule has 6 heteroatoms. The van der Waals surface area contributed by atoms with Gasteiger partial charge in [0.05, 0.1) is 7.11 Å². The fourth-order valence-electron chi connectivity index (χ4n) is 2.00. The minimum Gasteiger partial charge on any atom is -0.468 e. The molecule has 2 rings (SSSR count). The Morgan fingerprint density at radius 1 is 1.17 bits per heavy atom. The fraction of sp³-hybridized carbons (Fsp3) is 0.353. The van der Waals surface area contributed by atoms with Crippen LogP contribution < -0.4 is 10.1 Å². The van der Waals surface area contributed by atoms with E-state index < -0.39 is 17.7 Å². The van der Waals surface area contributed by atoms with E-state index in [1.807, 2.05) is 0 Å². The molecule has 1 amide bonds. The topological polar surface area (TPSA) is 60.7 Å². The number of furan rings is 1. The van der Waals surface area contributed by atoms with E-state index >= 15 is 0 Å². The quantitative estimate of drug-likeness (QED) is 0.923. The zero-order valence-corrected chi connectivity index (χ0v) is 13.6. The summed E-state index contributed by atoms with van der Waals surface area (Å²) in [6, 6.07) is 8.50. The van der Waals surface area contributed by atoms with Crippen LogP contribution in [0, 0.1) is 5.82 Å². The predicted octanol–water partition coefficient (Wildman–Crippen LogP) is 4.04. The predicted molar refractivity (Wildman–Crippen MR) is 82.9 cm³/mol. The summed E-state index contributed by atoms with van der Waals surface area (Å²) in [5.41, 5.74) is 0.0347. The Morgan fingerprint density at radius 3 is 2.35 bits per heavy atom. The molecule has 1 aromatic heterocycles. The molecule has 0 fully saturated rings. The van der Waals surface area contributed by atoms with Crippen molar-refractivity contribution in [3.8, 4) is 5.95 Å². The number of amides is 1. The largest absolute Gasteiger partial charge is 0.468 e. The molecule has 0 aliphatic heterocycles. The Hall–Kier alpha value is -2.50. The molecule has 0 aliphatic rings. The summed E-state index contributed by atoms with van der Waals surface area (Å²) in [5, 5.41) is 2.73. The van der Waals surface area contributed by atoms with E-state index in [-0.39, 0.29) is 5.82 Å². The molecular formula is C17H20FNO4. The number of ether oxygens (including phenoxy) is 2. The van der Waals surface area contributed by atoms with Crippen molar-refractivity contribution >= 4 is 6.09 Å². The normalized spacial score (nSPS) is 12.6. The van der Waals surface area contributed by atoms with Crippen LogP contribution in [0.2, 0.25) is 0 Å². The van der Waals surface area contributed by atoms with Gasteiger partial charge in [-0.3, -0.25) is 0 Å². The maximum atomic E-state index is 13.1. The second-order valence-electron chi connectivity index (χ2n) is 5.99. The lowest BCUT2D eigenvalue weighted by molar-refractivity contribution is 0.0506. The van der Waals surface area contributed by atoms with Crippen molar-refractivity contribution in [3.63, 3.8) is 0 Å². The minimum atomic E-state index is -0.627. The van der Waals surface area contributed by atoms with E-state index in [1.165, 1.54) is 19.2 Å². The molecule has 124 valence electrons. The van der Waals surface area contributed by atoms with Crippen molar-refractivity contribution in [3.05, 3.63) is 53.5 Å². The molecule has 0 saturated carbocycles. The van der Waals surface area contributed by atoms with Crippen molar-refractivity contribution in [1.29, 1.82) is 0 Å². The molecule has 1 atom stereocenters. The molecule has 0 bridgehead atoms. The summed E-state index contributed by atoms with van der Waals surface area (Å²) in [7, 11) is 1.48. The molecule has 1 heterocycles. The molecule has 0 aliphatic carbocycles. The Morgan fingerprint density at radius 2 is 1.83 bits per heavy atom. The number of benzene rings is 1. The van der Waals surface area contributed by atoms with Crippen molar-refractivity contribution in [2.45, 2.75) is 32.4 Å². The summed E-state index contributed by atoms with van der Waals surface area (Å²) < 4.78 is 29.0. The van der Waals surface area contributed by atoms with Crippen LogP contribution in [-0.2, 0) is 4.74 Å². The second kappa shape index (κ2) is 6.73. The van der Waals surface area contributed by atoms with Gasteiger partial charge in [-0.2, -0.15) is 0 Å². The highest BCUT2D eigenvalue weighted by Crippen LogP contribution is 2.27. The number of methoxy groups -OCH3 is 1. The van der Waals surface area contributed by atoms with Gasteiger partial charge >= 0.3 is 6.09 Å². The van der Waals surface area contributed by atoms with Gasteiger partial charge in [0.1, 0.15) is 23.2 Å². The van der Waals surface area contributed by atoms with Crippen molar-refractivity contribution < 1.29 is 23.1 Å². The smallest absolute Gasteiger partial charge is 0.408 e. The second-order valence-corrected chi connectivity index (χ2v) is 5.99. The first-order valence-corrected chi connectivity index (χ1v) is 7.17. The maximum absolute atomic E-state index is 13.1. The standard InChI is InChI=1S/C17H20FNO4/c1-17(2,3)23-16(20)19-15(11-5-7-12(18)8-6-11)13-9-10-14(21-4)22-13/h5-10,15H,1-4H3,(H,19,20)/t15-/m1/s1. The number of hydrogen-bond donors (Lipinski definition) is 1. The van der Waals surface area contributed by atoms with Gasteiger partial charge in [0.2, 0.25) is 0 Å². The maximum Gasteiger partial charge on any atom is 0.408 e. The van der Waals surface area contributed by atoms with Gasteiger partial charge < -0.3 is 19.2 Å². The van der Waals surface area contributed by atoms with Crippen LogP contribution in [0.15, 0.2) is 40.8 Å². The van der Waals surface area contributed by atoms with Gasteiger partial charge in [0, 0.05) is 6.07 Å². The first kappa shape index (κ1) is 16.9. The third kappa shape index (κ3) is 4.74. The van der Waals surface area contributed by atoms with E-state index in [0.29, 0.717) is 17.3 Å². The first-order chi connectivity index (χ1) is 10.8. The summed E-state index contributed by atoms with van der Waals surface area (Å²) in [5.74, 6) is 0.416. The highest BCUT2D eigenvalue weighted by Gasteiger charge is 2.24. The molecule has 0 spiro atoms. The lowest BCUT2D eigenvalue weighted by atomic mass is 10.0. The van der Waals surface area contributed by atoms with Gasteiger partial charge in [0.25, 0.3) is 5.95 Å². The third-order valence-electron chi connectivity index (χ3n) is 2.95. The number of hydrogen-bond acceptors (Lipinski definition) is 4. The zero-order valence-electron chi connectivity index (χ0n) is 13.6. The molecule has 2 aromatic rings. The molecule has 5 nitrogen and oxygen atoms in total. The van der Waals surface area contributed by atoms with E-state index in [9.17, 15) is 9.18 Å². The lowest BCUT2D eigenvalue weighted by Gasteiger charge is -2.23. The van der Waals surface area contributed by atoms with Crippen LogP contribution in [0.25, 0.3) is 0 Å². The number of carbonyl (C=O) groups excluding carboxylic acids is 1. The number of alkyl carbamates (subject to hydrolysis) is 1. The Balaban J connectivity index is 2.27. The van der Waals surface area contributed by atoms with Gasteiger partial charge in [-0.05, 0) is 44.5 Å². The average molecular weight is 321 g/mol. The fourth-order valence-corrected chi connectivity index (χ4v) is 2.00. The minimum absolute atomic E-state index is 0.318. The molecule has 0 unspecified atom stereocenters. The third-order valence-corrected chi connectivity index (χ3v) is 2.95. The summed E-state index contributed by atoms with van der Waals surface area (Å²) >= 11 is 0. The van der Waals surface area contributed by atoms with Gasteiger partial charge in [0.15, 0.2) is 0 Å². The highest BCUT2D eigenvalue weighted by molar-refractivity contribution is 5.69. The number of rotatable bonds is 4. The van der Waals surface area contributed by atoms with Crippen molar-refractivity contribution in [2.75, 3.05) is 7.11 Å². The summed E-state index contributed by atoms with van der Waals surface area (Å²) in [6.07, 6.45) is -0.595. The first-order valence-electron chi connectivity index (χ1n) is 7.17. The van der Waals surface area contributed by atoms with Crippen LogP contribution in [0.4, 0.5) is 9.18 Å². The molecular weight excluding hydrogens is 301 g/mol. The van der Waals surface area contributed by atoms with Gasteiger partial charge in [-0.25, -0.2) is 9.18 Å². The Kier molecular flexibility index (Phi) is 4.93. The van der Waals surface area contributed by atoms with E-state index in [4.69, 9.17) is 13.9 Å². The van der Waals surface area contributed by atoms with E-state index in [1.54, 1.807) is 45.0 Å². The molecule has 1 N–H and O–H groups in total. The van der Waals surface area contributed by atoms with Gasteiger partial charge in [-0.15, -0.1) is 0 Å². The summed E-state index contributed by atoms with van der Waals surface area (Å²) in [4.78, 5) is 12.1. The van der Waals surface area contributed by atoms with Crippen LogP contribution in [0.5, 0.6) is 5.95 Å². The zero-order chi connectivity index (χ0) is 17.0. The van der Waals surface area contributed by atoms with Crippen LogP contribution >= 0.6 is 0 Å². The number of nitrogens with one attached hydrogen (secondary N) is 1. The lowest BCUT2D eigenvalue weighted by Crippen LogP contribution is -2.35. The van der Waals surface area contributed by atoms with Crippen LogP contribution in [-0.4, -0.2) is 18.8 Å². The Labute approximate surface area is 134 Å². The molecule has 0 radical (unpaired) electrons. The SMILES string of the molecule is COc1ccc([C@H](NC(=O)OC(C)(C)C)c2ccc(F)cc2)o1. The highest BCUT2D eigenvalue weighted by atomic mass is 19.1. The van der Waals surface area contributed by atoms with E-state index in [0.717, 1.165) is 0 Å². The summed E-state index contributed by atoms with van der Waals surface area (Å²) in [6.45, 7) is 5.32. The Bertz CT molecular complexity index is 658. The molecule has 23 heavy (non-hydrogen) atoms. The molecule has 1 aromatic carbocycles. The number of carbonyl (C=O) groups is 1. The van der Waals surface area contributed by atoms with Crippen molar-refractivity contribution in [1.82, 2.24) is 5.32 Å². The monoisotopic (exact) mass is 321 g/mol. The van der Waals surface area contributed by atoms with Crippen LogP contribution in [0.1, 0.15) is 38.1 Å². The van der Waals surface area contributed by atoms with Crippen molar-refractivity contribution in [2.24, 2.45) is 0 Å².